The summed E-state index contributed by atoms with van der Waals surface area (Å²) in [5, 5.41) is 15.5. The van der Waals surface area contributed by atoms with E-state index in [1.807, 2.05) is 36.2 Å². The van der Waals surface area contributed by atoms with Crippen molar-refractivity contribution >= 4 is 17.1 Å². The summed E-state index contributed by atoms with van der Waals surface area (Å²) in [6.07, 6.45) is 0. The Morgan fingerprint density at radius 2 is 1.82 bits per heavy atom. The number of hydrazone groups is 1. The predicted molar refractivity (Wildman–Crippen MR) is 91.1 cm³/mol. The van der Waals surface area contributed by atoms with Crippen LogP contribution in [0, 0.1) is 13.8 Å². The Kier molecular flexibility index (Phi) is 4.00. The molecule has 2 aromatic carbocycles. The molecule has 0 fully saturated rings. The Balaban J connectivity index is 1.74. The van der Waals surface area contributed by atoms with Crippen LogP contribution >= 0.6 is 0 Å². The maximum absolute atomic E-state index is 4.59. The molecule has 1 aliphatic heterocycles. The molecular weight excluding hydrogens is 272 g/mol. The molecule has 0 saturated carbocycles. The molecular formula is C18H20N4. The molecule has 0 bridgehead atoms. The van der Waals surface area contributed by atoms with Crippen LogP contribution in [0.3, 0.4) is 0 Å². The van der Waals surface area contributed by atoms with Crippen LogP contribution in [0.25, 0.3) is 0 Å². The van der Waals surface area contributed by atoms with E-state index in [4.69, 9.17) is 0 Å². The Morgan fingerprint density at radius 3 is 2.55 bits per heavy atom. The highest BCUT2D eigenvalue weighted by Crippen LogP contribution is 2.23. The normalized spacial score (nSPS) is 18.0. The summed E-state index contributed by atoms with van der Waals surface area (Å²) in [5.74, 6) is 0. The minimum absolute atomic E-state index is 0.0147. The standard InChI is InChI=1S/C18H20N4/c1-13-9-10-17(14(2)11-13)19-20-18-12-22(21-15(18)3)16-7-5-4-6-8-16/h4-11,18H,12H2,1-3H3. The van der Waals surface area contributed by atoms with Crippen molar-refractivity contribution in [3.63, 3.8) is 0 Å². The van der Waals surface area contributed by atoms with Gasteiger partial charge in [0.2, 0.25) is 0 Å². The van der Waals surface area contributed by atoms with Crippen LogP contribution < -0.4 is 5.01 Å². The molecule has 2 aromatic rings. The third-order valence-electron chi connectivity index (χ3n) is 3.82. The Morgan fingerprint density at radius 1 is 1.05 bits per heavy atom. The topological polar surface area (TPSA) is 40.3 Å². The van der Waals surface area contributed by atoms with Gasteiger partial charge in [-0.2, -0.15) is 15.3 Å². The van der Waals surface area contributed by atoms with Gasteiger partial charge in [0.15, 0.2) is 0 Å². The van der Waals surface area contributed by atoms with E-state index in [2.05, 4.69) is 53.4 Å². The molecule has 0 saturated heterocycles. The first kappa shape index (κ1) is 14.4. The third kappa shape index (κ3) is 3.06. The molecule has 1 heterocycles. The molecule has 0 N–H and O–H groups in total. The van der Waals surface area contributed by atoms with Gasteiger partial charge in [0, 0.05) is 0 Å². The Labute approximate surface area is 131 Å². The van der Waals surface area contributed by atoms with Crippen molar-refractivity contribution in [3.05, 3.63) is 59.7 Å². The van der Waals surface area contributed by atoms with Crippen molar-refractivity contribution in [1.82, 2.24) is 0 Å². The Hall–Kier alpha value is -2.49. The molecule has 112 valence electrons. The van der Waals surface area contributed by atoms with Crippen LogP contribution in [0.15, 0.2) is 63.9 Å². The summed E-state index contributed by atoms with van der Waals surface area (Å²) >= 11 is 0. The predicted octanol–water partition coefficient (Wildman–Crippen LogP) is 4.65. The molecule has 1 unspecified atom stereocenters. The maximum Gasteiger partial charge on any atom is 0.130 e. The van der Waals surface area contributed by atoms with Gasteiger partial charge < -0.3 is 0 Å². The van der Waals surface area contributed by atoms with Crippen molar-refractivity contribution in [2.75, 3.05) is 11.6 Å². The van der Waals surface area contributed by atoms with Gasteiger partial charge in [0.05, 0.1) is 23.6 Å². The van der Waals surface area contributed by atoms with E-state index >= 15 is 0 Å². The molecule has 0 amide bonds. The number of aryl methyl sites for hydroxylation is 2. The zero-order chi connectivity index (χ0) is 15.5. The van der Waals surface area contributed by atoms with Crippen LogP contribution in [0.5, 0.6) is 0 Å². The highest BCUT2D eigenvalue weighted by molar-refractivity contribution is 5.91. The summed E-state index contributed by atoms with van der Waals surface area (Å²) < 4.78 is 0. The average Bonchev–Trinajstić information content (AvgIpc) is 2.88. The number of hydrogen-bond acceptors (Lipinski definition) is 4. The molecule has 1 atom stereocenters. The first-order valence-electron chi connectivity index (χ1n) is 7.49. The lowest BCUT2D eigenvalue weighted by atomic mass is 10.1. The first-order chi connectivity index (χ1) is 10.6. The number of rotatable bonds is 3. The minimum Gasteiger partial charge on any atom is -0.263 e. The molecule has 4 nitrogen and oxygen atoms in total. The summed E-state index contributed by atoms with van der Waals surface area (Å²) in [6, 6.07) is 16.4. The van der Waals surface area contributed by atoms with Gasteiger partial charge in [-0.1, -0.05) is 35.9 Å². The lowest BCUT2D eigenvalue weighted by molar-refractivity contribution is 0.797. The van der Waals surface area contributed by atoms with Crippen molar-refractivity contribution in [2.45, 2.75) is 26.8 Å². The summed E-state index contributed by atoms with van der Waals surface area (Å²) in [4.78, 5) is 0. The monoisotopic (exact) mass is 292 g/mol. The molecule has 0 aliphatic carbocycles. The molecule has 0 radical (unpaired) electrons. The van der Waals surface area contributed by atoms with Gasteiger partial charge in [0.25, 0.3) is 0 Å². The van der Waals surface area contributed by atoms with E-state index in [0.29, 0.717) is 0 Å². The lowest BCUT2D eigenvalue weighted by Crippen LogP contribution is -2.21. The molecule has 0 aromatic heterocycles. The fraction of sp³-hybridized carbons (Fsp3) is 0.278. The van der Waals surface area contributed by atoms with E-state index in [-0.39, 0.29) is 6.04 Å². The number of hydrogen-bond donors (Lipinski definition) is 0. The van der Waals surface area contributed by atoms with Gasteiger partial charge >= 0.3 is 0 Å². The highest BCUT2D eigenvalue weighted by Gasteiger charge is 2.24. The number of nitrogens with zero attached hydrogens (tertiary/aromatic N) is 4. The zero-order valence-electron chi connectivity index (χ0n) is 13.2. The van der Waals surface area contributed by atoms with Gasteiger partial charge in [-0.25, -0.2) is 0 Å². The smallest absolute Gasteiger partial charge is 0.130 e. The van der Waals surface area contributed by atoms with E-state index in [0.717, 1.165) is 29.2 Å². The Bertz CT molecular complexity index is 719. The van der Waals surface area contributed by atoms with Crippen LogP contribution in [-0.4, -0.2) is 18.3 Å². The quantitative estimate of drug-likeness (QED) is 0.759. The minimum atomic E-state index is 0.0147. The second-order valence-corrected chi connectivity index (χ2v) is 5.68. The van der Waals surface area contributed by atoms with Crippen LogP contribution in [0.2, 0.25) is 0 Å². The second-order valence-electron chi connectivity index (χ2n) is 5.68. The first-order valence-corrected chi connectivity index (χ1v) is 7.49. The third-order valence-corrected chi connectivity index (χ3v) is 3.82. The molecule has 4 heteroatoms. The van der Waals surface area contributed by atoms with E-state index in [1.54, 1.807) is 0 Å². The van der Waals surface area contributed by atoms with Gasteiger partial charge in [0.1, 0.15) is 6.04 Å². The number of azo groups is 1. The maximum atomic E-state index is 4.59. The lowest BCUT2D eigenvalue weighted by Gasteiger charge is -2.13. The molecule has 22 heavy (non-hydrogen) atoms. The van der Waals surface area contributed by atoms with Crippen molar-refractivity contribution < 1.29 is 0 Å². The van der Waals surface area contributed by atoms with Gasteiger partial charge in [-0.3, -0.25) is 5.01 Å². The number of anilines is 1. The molecule has 3 rings (SSSR count). The average molecular weight is 292 g/mol. The second kappa shape index (κ2) is 6.10. The van der Waals surface area contributed by atoms with Gasteiger partial charge in [-0.05, 0) is 44.5 Å². The van der Waals surface area contributed by atoms with Gasteiger partial charge in [-0.15, -0.1) is 0 Å². The molecule has 0 spiro atoms. The summed E-state index contributed by atoms with van der Waals surface area (Å²) in [6.45, 7) is 6.89. The van der Waals surface area contributed by atoms with Crippen molar-refractivity contribution in [1.29, 1.82) is 0 Å². The number of para-hydroxylation sites is 1. The zero-order valence-corrected chi connectivity index (χ0v) is 13.2. The van der Waals surface area contributed by atoms with Crippen molar-refractivity contribution in [3.8, 4) is 0 Å². The summed E-state index contributed by atoms with van der Waals surface area (Å²) in [5.41, 5.74) is 5.40. The summed E-state index contributed by atoms with van der Waals surface area (Å²) in [7, 11) is 0. The molecule has 1 aliphatic rings. The van der Waals surface area contributed by atoms with E-state index in [1.165, 1.54) is 5.56 Å². The van der Waals surface area contributed by atoms with E-state index in [9.17, 15) is 0 Å². The fourth-order valence-corrected chi connectivity index (χ4v) is 2.53. The number of benzene rings is 2. The van der Waals surface area contributed by atoms with Crippen LogP contribution in [0.1, 0.15) is 18.1 Å². The SMILES string of the molecule is CC1=NN(c2ccccc2)CC1N=Nc1ccc(C)cc1C. The van der Waals surface area contributed by atoms with Crippen molar-refractivity contribution in [2.24, 2.45) is 15.3 Å². The van der Waals surface area contributed by atoms with E-state index < -0.39 is 0 Å². The van der Waals surface area contributed by atoms with Crippen LogP contribution in [0.4, 0.5) is 11.4 Å². The fourth-order valence-electron chi connectivity index (χ4n) is 2.53. The highest BCUT2D eigenvalue weighted by atomic mass is 15.5. The largest absolute Gasteiger partial charge is 0.263 e. The van der Waals surface area contributed by atoms with Crippen LogP contribution in [-0.2, 0) is 0 Å².